The number of anilines is 1. The number of nitrogens with zero attached hydrogens (tertiary/aromatic N) is 4. The number of piperidine rings is 1. The number of aromatic nitrogens is 3. The van der Waals surface area contributed by atoms with Crippen LogP contribution in [0, 0.1) is 6.92 Å². The molecule has 3 rings (SSSR count). The predicted molar refractivity (Wildman–Crippen MR) is 90.1 cm³/mol. The van der Waals surface area contributed by atoms with E-state index >= 15 is 0 Å². The molecule has 2 aliphatic rings. The Morgan fingerprint density at radius 1 is 1.25 bits per heavy atom. The van der Waals surface area contributed by atoms with Crippen LogP contribution in [0.5, 0.6) is 0 Å². The topological polar surface area (TPSA) is 97.2 Å². The molecule has 9 heteroatoms. The van der Waals surface area contributed by atoms with Gasteiger partial charge in [-0.25, -0.2) is 8.42 Å². The maximum atomic E-state index is 12.7. The summed E-state index contributed by atoms with van der Waals surface area (Å²) in [5.74, 6) is 0.975. The number of carbonyl (C=O) groups is 1. The fraction of sp³-hybridized carbons (Fsp3) is 0.800. The van der Waals surface area contributed by atoms with Gasteiger partial charge in [-0.2, -0.15) is 4.31 Å². The Bertz CT molecular complexity index is 711. The standard InChI is InChI=1S/C15H25N5O3S/c1-3-10-24(22,23)19-9-5-4-6-13(19)14(21)16-15-18-17-11(2)20(15)12-7-8-12/h12-13H,3-10H2,1-2H3,(H,16,18,21). The van der Waals surface area contributed by atoms with Gasteiger partial charge in [-0.05, 0) is 39.0 Å². The first-order valence-electron chi connectivity index (χ1n) is 8.66. The summed E-state index contributed by atoms with van der Waals surface area (Å²) in [6, 6.07) is -0.304. The molecule has 1 saturated heterocycles. The summed E-state index contributed by atoms with van der Waals surface area (Å²) in [5, 5.41) is 10.9. The molecular weight excluding hydrogens is 330 g/mol. The van der Waals surface area contributed by atoms with Crippen LogP contribution in [0.25, 0.3) is 0 Å². The maximum absolute atomic E-state index is 12.7. The van der Waals surface area contributed by atoms with E-state index in [-0.39, 0.29) is 11.7 Å². The van der Waals surface area contributed by atoms with Crippen molar-refractivity contribution in [2.24, 2.45) is 0 Å². The van der Waals surface area contributed by atoms with Crippen molar-refractivity contribution >= 4 is 21.9 Å². The first-order valence-corrected chi connectivity index (χ1v) is 10.3. The van der Waals surface area contributed by atoms with Gasteiger partial charge in [0.15, 0.2) is 0 Å². The van der Waals surface area contributed by atoms with E-state index in [4.69, 9.17) is 0 Å². The number of hydrogen-bond acceptors (Lipinski definition) is 5. The summed E-state index contributed by atoms with van der Waals surface area (Å²) in [5.41, 5.74) is 0. The first kappa shape index (κ1) is 17.3. The van der Waals surface area contributed by atoms with Crippen molar-refractivity contribution < 1.29 is 13.2 Å². The number of hydrogen-bond donors (Lipinski definition) is 1. The Labute approximate surface area is 142 Å². The minimum Gasteiger partial charge on any atom is -0.294 e. The van der Waals surface area contributed by atoms with Crippen LogP contribution < -0.4 is 5.32 Å². The van der Waals surface area contributed by atoms with Crippen molar-refractivity contribution in [1.29, 1.82) is 0 Å². The van der Waals surface area contributed by atoms with Crippen LogP contribution in [0.1, 0.15) is 57.3 Å². The van der Waals surface area contributed by atoms with Crippen LogP contribution in [0.2, 0.25) is 0 Å². The van der Waals surface area contributed by atoms with Crippen LogP contribution in [-0.2, 0) is 14.8 Å². The van der Waals surface area contributed by atoms with E-state index in [0.29, 0.717) is 31.4 Å². The number of nitrogens with one attached hydrogen (secondary N) is 1. The average molecular weight is 355 g/mol. The summed E-state index contributed by atoms with van der Waals surface area (Å²) >= 11 is 0. The molecule has 24 heavy (non-hydrogen) atoms. The highest BCUT2D eigenvalue weighted by Gasteiger charge is 2.37. The third-order valence-electron chi connectivity index (χ3n) is 4.59. The van der Waals surface area contributed by atoms with E-state index in [1.165, 1.54) is 4.31 Å². The number of rotatable bonds is 6. The lowest BCUT2D eigenvalue weighted by atomic mass is 10.0. The van der Waals surface area contributed by atoms with Crippen molar-refractivity contribution in [2.45, 2.75) is 64.5 Å². The number of carbonyl (C=O) groups excluding carboxylic acids is 1. The van der Waals surface area contributed by atoms with Crippen molar-refractivity contribution in [3.63, 3.8) is 0 Å². The second kappa shape index (κ2) is 6.79. The second-order valence-electron chi connectivity index (χ2n) is 6.60. The zero-order chi connectivity index (χ0) is 17.3. The lowest BCUT2D eigenvalue weighted by Crippen LogP contribution is -2.50. The van der Waals surface area contributed by atoms with E-state index < -0.39 is 16.1 Å². The molecular formula is C15H25N5O3S. The minimum absolute atomic E-state index is 0.0775. The molecule has 1 amide bonds. The summed E-state index contributed by atoms with van der Waals surface area (Å²) in [6.07, 6.45) is 4.85. The summed E-state index contributed by atoms with van der Waals surface area (Å²) < 4.78 is 28.2. The van der Waals surface area contributed by atoms with Crippen LogP contribution in [-0.4, -0.2) is 51.7 Å². The summed E-state index contributed by atoms with van der Waals surface area (Å²) in [7, 11) is -3.40. The molecule has 1 aromatic heterocycles. The molecule has 1 saturated carbocycles. The molecule has 2 heterocycles. The maximum Gasteiger partial charge on any atom is 0.245 e. The predicted octanol–water partition coefficient (Wildman–Crippen LogP) is 1.45. The molecule has 1 aliphatic heterocycles. The molecule has 0 aromatic carbocycles. The molecule has 0 radical (unpaired) electrons. The van der Waals surface area contributed by atoms with E-state index in [9.17, 15) is 13.2 Å². The molecule has 0 bridgehead atoms. The van der Waals surface area contributed by atoms with Crippen molar-refractivity contribution in [1.82, 2.24) is 19.1 Å². The van der Waals surface area contributed by atoms with Crippen LogP contribution in [0.3, 0.4) is 0 Å². The number of amides is 1. The largest absolute Gasteiger partial charge is 0.294 e. The highest BCUT2D eigenvalue weighted by molar-refractivity contribution is 7.89. The normalized spacial score (nSPS) is 22.5. The van der Waals surface area contributed by atoms with Crippen molar-refractivity contribution in [3.8, 4) is 0 Å². The third-order valence-corrected chi connectivity index (χ3v) is 6.66. The van der Waals surface area contributed by atoms with Crippen LogP contribution >= 0.6 is 0 Å². The van der Waals surface area contributed by atoms with Gasteiger partial charge in [0, 0.05) is 12.6 Å². The van der Waals surface area contributed by atoms with Gasteiger partial charge in [-0.15, -0.1) is 10.2 Å². The number of aryl methyl sites for hydroxylation is 1. The summed E-state index contributed by atoms with van der Waals surface area (Å²) in [6.45, 7) is 4.10. The molecule has 134 valence electrons. The third kappa shape index (κ3) is 3.46. The zero-order valence-electron chi connectivity index (χ0n) is 14.2. The zero-order valence-corrected chi connectivity index (χ0v) is 15.0. The Hall–Kier alpha value is -1.48. The SMILES string of the molecule is CCCS(=O)(=O)N1CCCCC1C(=O)Nc1nnc(C)n1C1CC1. The molecule has 1 aliphatic carbocycles. The lowest BCUT2D eigenvalue weighted by molar-refractivity contribution is -0.120. The molecule has 1 atom stereocenters. The minimum atomic E-state index is -3.40. The highest BCUT2D eigenvalue weighted by Crippen LogP contribution is 2.37. The number of sulfonamides is 1. The van der Waals surface area contributed by atoms with Gasteiger partial charge in [0.2, 0.25) is 21.9 Å². The Kier molecular flexibility index (Phi) is 4.91. The van der Waals surface area contributed by atoms with Gasteiger partial charge >= 0.3 is 0 Å². The van der Waals surface area contributed by atoms with Crippen LogP contribution in [0.4, 0.5) is 5.95 Å². The second-order valence-corrected chi connectivity index (χ2v) is 8.64. The fourth-order valence-electron chi connectivity index (χ4n) is 3.29. The smallest absolute Gasteiger partial charge is 0.245 e. The van der Waals surface area contributed by atoms with E-state index in [1.807, 2.05) is 18.4 Å². The Balaban J connectivity index is 1.77. The molecule has 1 N–H and O–H groups in total. The fourth-order valence-corrected chi connectivity index (χ4v) is 5.04. The summed E-state index contributed by atoms with van der Waals surface area (Å²) in [4.78, 5) is 12.7. The van der Waals surface area contributed by atoms with Crippen LogP contribution in [0.15, 0.2) is 0 Å². The Morgan fingerprint density at radius 2 is 2.00 bits per heavy atom. The highest BCUT2D eigenvalue weighted by atomic mass is 32.2. The molecule has 8 nitrogen and oxygen atoms in total. The van der Waals surface area contributed by atoms with Crippen molar-refractivity contribution in [2.75, 3.05) is 17.6 Å². The van der Waals surface area contributed by atoms with E-state index in [1.54, 1.807) is 0 Å². The Morgan fingerprint density at radius 3 is 2.67 bits per heavy atom. The van der Waals surface area contributed by atoms with Gasteiger partial charge in [-0.3, -0.25) is 14.7 Å². The van der Waals surface area contributed by atoms with Gasteiger partial charge in [0.05, 0.1) is 5.75 Å². The van der Waals surface area contributed by atoms with Gasteiger partial charge < -0.3 is 0 Å². The van der Waals surface area contributed by atoms with Gasteiger partial charge in [0.1, 0.15) is 11.9 Å². The quantitative estimate of drug-likeness (QED) is 0.833. The monoisotopic (exact) mass is 355 g/mol. The molecule has 0 spiro atoms. The molecule has 2 fully saturated rings. The van der Waals surface area contributed by atoms with Gasteiger partial charge in [-0.1, -0.05) is 13.3 Å². The lowest BCUT2D eigenvalue weighted by Gasteiger charge is -2.33. The van der Waals surface area contributed by atoms with E-state index in [2.05, 4.69) is 15.5 Å². The molecule has 1 aromatic rings. The average Bonchev–Trinajstić information content (AvgIpc) is 3.31. The van der Waals surface area contributed by atoms with E-state index in [0.717, 1.165) is 31.5 Å². The van der Waals surface area contributed by atoms with Crippen molar-refractivity contribution in [3.05, 3.63) is 5.82 Å². The first-order chi connectivity index (χ1) is 11.4. The van der Waals surface area contributed by atoms with Gasteiger partial charge in [0.25, 0.3) is 0 Å². The molecule has 1 unspecified atom stereocenters.